The van der Waals surface area contributed by atoms with E-state index >= 15 is 0 Å². The molecule has 396 valence electrons. The summed E-state index contributed by atoms with van der Waals surface area (Å²) in [6.07, 6.45) is 45.0. The fourth-order valence-electron chi connectivity index (χ4n) is 8.65. The van der Waals surface area contributed by atoms with E-state index in [1.54, 1.807) is 0 Å². The molecular formula is C54H102O12S. The van der Waals surface area contributed by atoms with Gasteiger partial charge in [-0.15, -0.1) is 0 Å². The number of esters is 1. The van der Waals surface area contributed by atoms with Gasteiger partial charge in [-0.25, -0.2) is 4.18 Å². The van der Waals surface area contributed by atoms with Crippen molar-refractivity contribution < 1.29 is 56.2 Å². The van der Waals surface area contributed by atoms with Gasteiger partial charge in [-0.05, 0) is 44.9 Å². The lowest BCUT2D eigenvalue weighted by atomic mass is 9.99. The lowest BCUT2D eigenvalue weighted by molar-refractivity contribution is -0.301. The molecular weight excluding hydrogens is 873 g/mol. The number of unbranched alkanes of at least 4 members (excludes halogenated alkanes) is 32. The Bertz CT molecular complexity index is 1260. The highest BCUT2D eigenvalue weighted by molar-refractivity contribution is 7.80. The Morgan fingerprint density at radius 2 is 0.985 bits per heavy atom. The summed E-state index contributed by atoms with van der Waals surface area (Å²) in [4.78, 5) is 12.9. The number of aliphatic hydroxyl groups excluding tert-OH is 3. The Hall–Kier alpha value is -1.42. The molecule has 0 radical (unpaired) electrons. The lowest BCUT2D eigenvalue weighted by Gasteiger charge is -2.41. The van der Waals surface area contributed by atoms with Crippen molar-refractivity contribution >= 4 is 16.4 Å². The van der Waals surface area contributed by atoms with Crippen LogP contribution in [0.5, 0.6) is 0 Å². The van der Waals surface area contributed by atoms with E-state index in [1.165, 1.54) is 180 Å². The molecule has 1 saturated heterocycles. The highest BCUT2D eigenvalue weighted by atomic mass is 32.3. The summed E-state index contributed by atoms with van der Waals surface area (Å²) in [6, 6.07) is 0. The van der Waals surface area contributed by atoms with Crippen LogP contribution in [0.2, 0.25) is 0 Å². The first-order valence-electron chi connectivity index (χ1n) is 27.6. The fourth-order valence-corrected chi connectivity index (χ4v) is 9.16. The van der Waals surface area contributed by atoms with E-state index in [0.717, 1.165) is 44.9 Å². The second kappa shape index (κ2) is 45.7. The third-order valence-electron chi connectivity index (χ3n) is 12.8. The molecule has 13 heteroatoms. The average Bonchev–Trinajstić information content (AvgIpc) is 3.30. The number of rotatable bonds is 49. The number of carbonyl (C=O) groups is 1. The predicted molar refractivity (Wildman–Crippen MR) is 271 cm³/mol. The molecule has 0 aliphatic carbocycles. The van der Waals surface area contributed by atoms with E-state index in [2.05, 4.69) is 42.3 Å². The number of carbonyl (C=O) groups excluding carboxylic acids is 1. The van der Waals surface area contributed by atoms with Crippen LogP contribution in [0, 0.1) is 0 Å². The van der Waals surface area contributed by atoms with E-state index in [-0.39, 0.29) is 19.6 Å². The van der Waals surface area contributed by atoms with Gasteiger partial charge in [0.15, 0.2) is 6.29 Å². The molecule has 1 aliphatic rings. The molecule has 0 aromatic heterocycles. The summed E-state index contributed by atoms with van der Waals surface area (Å²) in [7, 11) is -5.06. The zero-order valence-corrected chi connectivity index (χ0v) is 43.5. The molecule has 0 spiro atoms. The van der Waals surface area contributed by atoms with Gasteiger partial charge in [-0.1, -0.05) is 224 Å². The number of aliphatic hydroxyl groups is 3. The number of hydrogen-bond donors (Lipinski definition) is 4. The standard InChI is InChI=1S/C54H102O12S/c1-3-5-7-9-11-13-15-17-19-21-22-23-24-25-26-27-28-30-32-34-36-38-40-42-44-62-46-48(47-63-54-52(58)53(66-67(59,60)61)51(57)49(45-55)65-54)64-50(56)43-41-39-37-35-33-31-29-20-18-16-14-12-10-8-6-4-2/h15,17,21-22,48-49,51-55,57-58H,3-14,16,18-20,23-47H2,1-2H3,(H,59,60,61)/b17-15-,22-21-. The van der Waals surface area contributed by atoms with Crippen molar-refractivity contribution in [3.05, 3.63) is 24.3 Å². The average molecular weight is 975 g/mol. The molecule has 6 unspecified atom stereocenters. The van der Waals surface area contributed by atoms with E-state index in [9.17, 15) is 33.1 Å². The van der Waals surface area contributed by atoms with Crippen molar-refractivity contribution in [1.82, 2.24) is 0 Å². The van der Waals surface area contributed by atoms with Crippen LogP contribution in [0.1, 0.15) is 251 Å². The molecule has 0 bridgehead atoms. The SMILES string of the molecule is CCCCCCC/C=C\C/C=C\CCCCCCCCCCCCCCOCC(COC1OC(CO)C(O)C(OS(=O)(=O)O)C1O)OC(=O)CCCCCCCCCCCCCCCCCC. The smallest absolute Gasteiger partial charge is 0.397 e. The molecule has 6 atom stereocenters. The van der Waals surface area contributed by atoms with E-state index < -0.39 is 59.8 Å². The van der Waals surface area contributed by atoms with Crippen LogP contribution in [-0.4, -0.2) is 97.5 Å². The molecule has 1 aliphatic heterocycles. The minimum atomic E-state index is -5.06. The van der Waals surface area contributed by atoms with Gasteiger partial charge in [-0.3, -0.25) is 9.35 Å². The molecule has 0 amide bonds. The highest BCUT2D eigenvalue weighted by Crippen LogP contribution is 2.26. The van der Waals surface area contributed by atoms with Crippen LogP contribution < -0.4 is 0 Å². The minimum Gasteiger partial charge on any atom is -0.457 e. The Labute approximate surface area is 410 Å². The van der Waals surface area contributed by atoms with E-state index in [1.807, 2.05) is 0 Å². The van der Waals surface area contributed by atoms with Gasteiger partial charge in [0, 0.05) is 13.0 Å². The number of allylic oxidation sites excluding steroid dienone is 4. The van der Waals surface area contributed by atoms with Gasteiger partial charge in [0.1, 0.15) is 30.5 Å². The van der Waals surface area contributed by atoms with Gasteiger partial charge < -0.3 is 34.3 Å². The second-order valence-electron chi connectivity index (χ2n) is 19.2. The largest absolute Gasteiger partial charge is 0.457 e. The van der Waals surface area contributed by atoms with Crippen molar-refractivity contribution in [2.75, 3.05) is 26.4 Å². The third kappa shape index (κ3) is 39.0. The number of ether oxygens (including phenoxy) is 4. The Balaban J connectivity index is 2.30. The van der Waals surface area contributed by atoms with E-state index in [4.69, 9.17) is 18.9 Å². The van der Waals surface area contributed by atoms with Crippen molar-refractivity contribution in [3.63, 3.8) is 0 Å². The van der Waals surface area contributed by atoms with Gasteiger partial charge in [0.2, 0.25) is 0 Å². The second-order valence-corrected chi connectivity index (χ2v) is 20.2. The normalized spacial score (nSPS) is 19.5. The lowest BCUT2D eigenvalue weighted by Crippen LogP contribution is -2.60. The first-order chi connectivity index (χ1) is 32.6. The molecule has 4 N–H and O–H groups in total. The molecule has 0 aromatic rings. The zero-order chi connectivity index (χ0) is 48.9. The summed E-state index contributed by atoms with van der Waals surface area (Å²) in [5, 5.41) is 30.8. The summed E-state index contributed by atoms with van der Waals surface area (Å²) in [5.74, 6) is -0.394. The molecule has 12 nitrogen and oxygen atoms in total. The minimum absolute atomic E-state index is 0.0399. The Kier molecular flexibility index (Phi) is 43.4. The topological polar surface area (TPSA) is 178 Å². The summed E-state index contributed by atoms with van der Waals surface area (Å²) in [5.41, 5.74) is 0. The molecule has 1 fully saturated rings. The van der Waals surface area contributed by atoms with Crippen LogP contribution in [0.3, 0.4) is 0 Å². The maximum atomic E-state index is 12.9. The molecule has 0 saturated carbocycles. The Morgan fingerprint density at radius 3 is 1.42 bits per heavy atom. The Morgan fingerprint density at radius 1 is 0.567 bits per heavy atom. The van der Waals surface area contributed by atoms with Gasteiger partial charge in [0.05, 0.1) is 19.8 Å². The van der Waals surface area contributed by atoms with Crippen molar-refractivity contribution in [3.8, 4) is 0 Å². The van der Waals surface area contributed by atoms with Crippen LogP contribution in [-0.2, 0) is 38.3 Å². The van der Waals surface area contributed by atoms with Gasteiger partial charge in [0.25, 0.3) is 0 Å². The van der Waals surface area contributed by atoms with Crippen LogP contribution in [0.4, 0.5) is 0 Å². The molecule has 1 rings (SSSR count). The molecule has 1 heterocycles. The van der Waals surface area contributed by atoms with Crippen LogP contribution in [0.15, 0.2) is 24.3 Å². The summed E-state index contributed by atoms with van der Waals surface area (Å²) in [6.45, 7) is 4.03. The third-order valence-corrected chi connectivity index (χ3v) is 13.3. The maximum absolute atomic E-state index is 12.9. The fraction of sp³-hybridized carbons (Fsp3) is 0.907. The van der Waals surface area contributed by atoms with Crippen molar-refractivity contribution in [2.24, 2.45) is 0 Å². The van der Waals surface area contributed by atoms with Gasteiger partial charge >= 0.3 is 16.4 Å². The maximum Gasteiger partial charge on any atom is 0.397 e. The predicted octanol–water partition coefficient (Wildman–Crippen LogP) is 13.1. The first-order valence-corrected chi connectivity index (χ1v) is 29.0. The van der Waals surface area contributed by atoms with Crippen molar-refractivity contribution in [2.45, 2.75) is 288 Å². The molecule has 67 heavy (non-hydrogen) atoms. The quantitative estimate of drug-likeness (QED) is 0.0197. The summed E-state index contributed by atoms with van der Waals surface area (Å²) >= 11 is 0. The van der Waals surface area contributed by atoms with Crippen LogP contribution >= 0.6 is 0 Å². The highest BCUT2D eigenvalue weighted by Gasteiger charge is 2.48. The summed E-state index contributed by atoms with van der Waals surface area (Å²) < 4.78 is 59.3. The molecule has 0 aromatic carbocycles. The van der Waals surface area contributed by atoms with Gasteiger partial charge in [-0.2, -0.15) is 8.42 Å². The van der Waals surface area contributed by atoms with Crippen molar-refractivity contribution in [1.29, 1.82) is 0 Å². The first kappa shape index (κ1) is 63.6. The van der Waals surface area contributed by atoms with Crippen LogP contribution in [0.25, 0.3) is 0 Å². The zero-order valence-electron chi connectivity index (χ0n) is 42.7. The monoisotopic (exact) mass is 975 g/mol. The van der Waals surface area contributed by atoms with E-state index in [0.29, 0.717) is 13.0 Å². The number of hydrogen-bond acceptors (Lipinski definition) is 11.